The van der Waals surface area contributed by atoms with Gasteiger partial charge >= 0.3 is 0 Å². The lowest BCUT2D eigenvalue weighted by Crippen LogP contribution is -2.43. The van der Waals surface area contributed by atoms with Gasteiger partial charge < -0.3 is 15.3 Å². The Kier molecular flexibility index (Phi) is 5.11. The number of likely N-dealkylation sites (tertiary alicyclic amines) is 1. The van der Waals surface area contributed by atoms with Crippen molar-refractivity contribution in [2.75, 3.05) is 26.2 Å². The first-order valence-electron chi connectivity index (χ1n) is 8.53. The van der Waals surface area contributed by atoms with Crippen molar-refractivity contribution >= 4 is 11.6 Å². The van der Waals surface area contributed by atoms with Crippen molar-refractivity contribution in [3.63, 3.8) is 0 Å². The van der Waals surface area contributed by atoms with Crippen LogP contribution in [0, 0.1) is 12.8 Å². The van der Waals surface area contributed by atoms with Crippen LogP contribution >= 0.6 is 0 Å². The zero-order chi connectivity index (χ0) is 17.1. The second-order valence-corrected chi connectivity index (χ2v) is 6.70. The van der Waals surface area contributed by atoms with Crippen LogP contribution in [0.15, 0.2) is 18.5 Å². The third-order valence-electron chi connectivity index (χ3n) is 4.64. The largest absolute Gasteiger partial charge is 0.390 e. The topological polar surface area (TPSA) is 82.8 Å². The number of hydrogen-bond acceptors (Lipinski definition) is 5. The first-order valence-corrected chi connectivity index (χ1v) is 8.53. The van der Waals surface area contributed by atoms with Crippen LogP contribution in [0.5, 0.6) is 0 Å². The standard InChI is InChI=1S/C17H25N5O2/c1-12-4-8-21(9-5-12)11-14(23)10-19-17(24)15-13(2)20-22-7-3-6-18-16(15)22/h3,6-7,12,14,23H,4-5,8-11H2,1-2H3,(H,19,24). The summed E-state index contributed by atoms with van der Waals surface area (Å²) in [5.74, 6) is 0.525. The molecule has 24 heavy (non-hydrogen) atoms. The molecule has 1 aliphatic rings. The fourth-order valence-corrected chi connectivity index (χ4v) is 3.17. The van der Waals surface area contributed by atoms with Gasteiger partial charge in [0.25, 0.3) is 5.91 Å². The summed E-state index contributed by atoms with van der Waals surface area (Å²) in [5.41, 5.74) is 1.63. The van der Waals surface area contributed by atoms with Crippen LogP contribution in [0.2, 0.25) is 0 Å². The molecule has 0 aliphatic carbocycles. The number of carbonyl (C=O) groups excluding carboxylic acids is 1. The van der Waals surface area contributed by atoms with Crippen LogP contribution in [0.1, 0.15) is 35.8 Å². The normalized spacial score (nSPS) is 18.0. The fourth-order valence-electron chi connectivity index (χ4n) is 3.17. The molecule has 3 rings (SSSR count). The smallest absolute Gasteiger partial charge is 0.257 e. The Morgan fingerprint density at radius 2 is 2.21 bits per heavy atom. The second kappa shape index (κ2) is 7.27. The monoisotopic (exact) mass is 331 g/mol. The van der Waals surface area contributed by atoms with Crippen molar-refractivity contribution in [1.29, 1.82) is 0 Å². The molecule has 1 amide bonds. The van der Waals surface area contributed by atoms with Crippen LogP contribution < -0.4 is 5.32 Å². The average Bonchev–Trinajstić information content (AvgIpc) is 2.90. The van der Waals surface area contributed by atoms with Crippen LogP contribution in [-0.4, -0.2) is 62.8 Å². The Hall–Kier alpha value is -1.99. The molecular weight excluding hydrogens is 306 g/mol. The Morgan fingerprint density at radius 1 is 1.46 bits per heavy atom. The molecule has 7 heteroatoms. The predicted molar refractivity (Wildman–Crippen MR) is 90.9 cm³/mol. The van der Waals surface area contributed by atoms with E-state index in [0.29, 0.717) is 23.4 Å². The van der Waals surface area contributed by atoms with Gasteiger partial charge in [0.15, 0.2) is 5.65 Å². The van der Waals surface area contributed by atoms with E-state index in [9.17, 15) is 9.90 Å². The summed E-state index contributed by atoms with van der Waals surface area (Å²) in [6.45, 7) is 6.91. The van der Waals surface area contributed by atoms with Crippen molar-refractivity contribution in [1.82, 2.24) is 24.8 Å². The number of carbonyl (C=O) groups is 1. The van der Waals surface area contributed by atoms with Gasteiger partial charge in [-0.3, -0.25) is 4.79 Å². The van der Waals surface area contributed by atoms with Crippen LogP contribution in [0.25, 0.3) is 5.65 Å². The number of nitrogens with zero attached hydrogens (tertiary/aromatic N) is 4. The number of hydrogen-bond donors (Lipinski definition) is 2. The molecule has 0 aromatic carbocycles. The Morgan fingerprint density at radius 3 is 2.96 bits per heavy atom. The summed E-state index contributed by atoms with van der Waals surface area (Å²) in [7, 11) is 0. The number of aryl methyl sites for hydroxylation is 1. The minimum absolute atomic E-state index is 0.231. The molecule has 2 N–H and O–H groups in total. The van der Waals surface area contributed by atoms with Crippen molar-refractivity contribution in [2.24, 2.45) is 5.92 Å². The van der Waals surface area contributed by atoms with Gasteiger partial charge in [-0.25, -0.2) is 9.50 Å². The Bertz CT molecular complexity index is 706. The molecule has 0 bridgehead atoms. The van der Waals surface area contributed by atoms with Gasteiger partial charge in [0, 0.05) is 25.5 Å². The van der Waals surface area contributed by atoms with Gasteiger partial charge in [-0.1, -0.05) is 6.92 Å². The van der Waals surface area contributed by atoms with E-state index in [1.165, 1.54) is 12.8 Å². The summed E-state index contributed by atoms with van der Waals surface area (Å²) in [4.78, 5) is 18.9. The number of rotatable bonds is 5. The number of fused-ring (bicyclic) bond motifs is 1. The van der Waals surface area contributed by atoms with E-state index in [1.807, 2.05) is 0 Å². The molecule has 3 heterocycles. The van der Waals surface area contributed by atoms with E-state index in [0.717, 1.165) is 19.0 Å². The van der Waals surface area contributed by atoms with Gasteiger partial charge in [-0.15, -0.1) is 0 Å². The highest BCUT2D eigenvalue weighted by molar-refractivity contribution is 6.00. The maximum atomic E-state index is 12.5. The number of aliphatic hydroxyl groups is 1. The van der Waals surface area contributed by atoms with Gasteiger partial charge in [0.1, 0.15) is 5.56 Å². The van der Waals surface area contributed by atoms with Crippen molar-refractivity contribution < 1.29 is 9.90 Å². The van der Waals surface area contributed by atoms with Crippen LogP contribution in [-0.2, 0) is 0 Å². The summed E-state index contributed by atoms with van der Waals surface area (Å²) in [6, 6.07) is 1.77. The molecule has 2 aromatic heterocycles. The lowest BCUT2D eigenvalue weighted by Gasteiger charge is -2.31. The molecule has 130 valence electrons. The summed E-state index contributed by atoms with van der Waals surface area (Å²) in [6.07, 6.45) is 5.17. The predicted octanol–water partition coefficient (Wildman–Crippen LogP) is 0.860. The third kappa shape index (κ3) is 3.73. The first kappa shape index (κ1) is 16.9. The molecule has 1 unspecified atom stereocenters. The van der Waals surface area contributed by atoms with Gasteiger partial charge in [0.05, 0.1) is 11.8 Å². The minimum Gasteiger partial charge on any atom is -0.390 e. The van der Waals surface area contributed by atoms with E-state index in [2.05, 4.69) is 27.2 Å². The molecule has 0 spiro atoms. The Labute approximate surface area is 141 Å². The first-order chi connectivity index (χ1) is 11.5. The zero-order valence-electron chi connectivity index (χ0n) is 14.3. The number of aromatic nitrogens is 3. The van der Waals surface area contributed by atoms with E-state index in [-0.39, 0.29) is 12.5 Å². The minimum atomic E-state index is -0.572. The zero-order valence-corrected chi connectivity index (χ0v) is 14.3. The summed E-state index contributed by atoms with van der Waals surface area (Å²) < 4.78 is 1.59. The summed E-state index contributed by atoms with van der Waals surface area (Å²) >= 11 is 0. The SMILES string of the molecule is Cc1nn2cccnc2c1C(=O)NCC(O)CN1CCC(C)CC1. The van der Waals surface area contributed by atoms with Crippen molar-refractivity contribution in [3.05, 3.63) is 29.7 Å². The number of amides is 1. The molecule has 1 saturated heterocycles. The molecule has 1 fully saturated rings. The second-order valence-electron chi connectivity index (χ2n) is 6.70. The maximum absolute atomic E-state index is 12.5. The maximum Gasteiger partial charge on any atom is 0.257 e. The third-order valence-corrected chi connectivity index (χ3v) is 4.64. The van der Waals surface area contributed by atoms with E-state index in [4.69, 9.17) is 0 Å². The van der Waals surface area contributed by atoms with Gasteiger partial charge in [-0.2, -0.15) is 5.10 Å². The number of nitrogens with one attached hydrogen (secondary N) is 1. The Balaban J connectivity index is 1.56. The number of piperidine rings is 1. The molecule has 0 saturated carbocycles. The highest BCUT2D eigenvalue weighted by Crippen LogP contribution is 2.16. The molecule has 2 aromatic rings. The van der Waals surface area contributed by atoms with Crippen LogP contribution in [0.4, 0.5) is 0 Å². The highest BCUT2D eigenvalue weighted by atomic mass is 16.3. The van der Waals surface area contributed by atoms with Gasteiger partial charge in [0.2, 0.25) is 0 Å². The fraction of sp³-hybridized carbons (Fsp3) is 0.588. The molecular formula is C17H25N5O2. The van der Waals surface area contributed by atoms with Gasteiger partial charge in [-0.05, 0) is 44.8 Å². The lowest BCUT2D eigenvalue weighted by atomic mass is 9.99. The molecule has 7 nitrogen and oxygen atoms in total. The quantitative estimate of drug-likeness (QED) is 0.849. The lowest BCUT2D eigenvalue weighted by molar-refractivity contribution is 0.0796. The summed E-state index contributed by atoms with van der Waals surface area (Å²) in [5, 5.41) is 17.3. The van der Waals surface area contributed by atoms with Crippen LogP contribution in [0.3, 0.4) is 0 Å². The van der Waals surface area contributed by atoms with E-state index >= 15 is 0 Å². The van der Waals surface area contributed by atoms with E-state index < -0.39 is 6.10 Å². The average molecular weight is 331 g/mol. The highest BCUT2D eigenvalue weighted by Gasteiger charge is 2.21. The van der Waals surface area contributed by atoms with E-state index in [1.54, 1.807) is 29.9 Å². The van der Waals surface area contributed by atoms with Crippen molar-refractivity contribution in [3.8, 4) is 0 Å². The molecule has 0 radical (unpaired) electrons. The van der Waals surface area contributed by atoms with Crippen molar-refractivity contribution in [2.45, 2.75) is 32.8 Å². The molecule has 1 aliphatic heterocycles. The molecule has 1 atom stereocenters. The number of aliphatic hydroxyl groups excluding tert-OH is 1. The number of β-amino-alcohol motifs (C(OH)–C–C–N with tert-alkyl or cyclic N) is 1.